The molecule has 1 aliphatic heterocycles. The second-order valence-corrected chi connectivity index (χ2v) is 4.89. The van der Waals surface area contributed by atoms with Gasteiger partial charge in [0.2, 0.25) is 0 Å². The van der Waals surface area contributed by atoms with Crippen molar-refractivity contribution in [2.45, 2.75) is 26.3 Å². The molecule has 4 heteroatoms. The molecule has 0 aliphatic carbocycles. The highest BCUT2D eigenvalue weighted by molar-refractivity contribution is 5.73. The summed E-state index contributed by atoms with van der Waals surface area (Å²) < 4.78 is 0. The largest absolute Gasteiger partial charge is 0.480 e. The van der Waals surface area contributed by atoms with Crippen molar-refractivity contribution in [1.82, 2.24) is 10.2 Å². The average Bonchev–Trinajstić information content (AvgIpc) is 2.50. The highest BCUT2D eigenvalue weighted by atomic mass is 16.4. The first-order valence-corrected chi connectivity index (χ1v) is 5.65. The predicted octanol–water partition coefficient (Wildman–Crippen LogP) is 0.637. The highest BCUT2D eigenvalue weighted by Crippen LogP contribution is 2.13. The van der Waals surface area contributed by atoms with Gasteiger partial charge in [-0.1, -0.05) is 13.8 Å². The summed E-state index contributed by atoms with van der Waals surface area (Å²) in [5.41, 5.74) is 0. The van der Waals surface area contributed by atoms with Gasteiger partial charge in [-0.2, -0.15) is 0 Å². The van der Waals surface area contributed by atoms with Crippen LogP contribution in [0, 0.1) is 11.8 Å². The van der Waals surface area contributed by atoms with E-state index in [-0.39, 0.29) is 5.92 Å². The Bertz CT molecular complexity index is 219. The summed E-state index contributed by atoms with van der Waals surface area (Å²) in [6.07, 6.45) is 1.17. The van der Waals surface area contributed by atoms with E-state index in [2.05, 4.69) is 17.3 Å². The van der Waals surface area contributed by atoms with Crippen molar-refractivity contribution in [3.8, 4) is 0 Å². The van der Waals surface area contributed by atoms with Crippen molar-refractivity contribution in [2.24, 2.45) is 11.8 Å². The van der Waals surface area contributed by atoms with E-state index in [1.165, 1.54) is 6.42 Å². The molecule has 1 saturated heterocycles. The third-order valence-electron chi connectivity index (χ3n) is 3.05. The fourth-order valence-electron chi connectivity index (χ4n) is 2.09. The molecule has 0 bridgehead atoms. The van der Waals surface area contributed by atoms with Crippen molar-refractivity contribution in [1.29, 1.82) is 0 Å². The Balaban J connectivity index is 2.31. The first kappa shape index (κ1) is 12.5. The van der Waals surface area contributed by atoms with Crippen LogP contribution in [0.4, 0.5) is 0 Å². The molecule has 0 spiro atoms. The van der Waals surface area contributed by atoms with Crippen LogP contribution in [-0.2, 0) is 4.79 Å². The van der Waals surface area contributed by atoms with Crippen molar-refractivity contribution in [3.05, 3.63) is 0 Å². The van der Waals surface area contributed by atoms with Gasteiger partial charge in [-0.25, -0.2) is 0 Å². The lowest BCUT2D eigenvalue weighted by atomic mass is 10.0. The Labute approximate surface area is 91.6 Å². The minimum atomic E-state index is -0.739. The van der Waals surface area contributed by atoms with Crippen molar-refractivity contribution < 1.29 is 9.90 Å². The van der Waals surface area contributed by atoms with E-state index in [0.29, 0.717) is 5.92 Å². The van der Waals surface area contributed by atoms with Crippen LogP contribution < -0.4 is 5.32 Å². The molecule has 1 heterocycles. The topological polar surface area (TPSA) is 52.6 Å². The summed E-state index contributed by atoms with van der Waals surface area (Å²) >= 11 is 0. The molecule has 4 nitrogen and oxygen atoms in total. The third-order valence-corrected chi connectivity index (χ3v) is 3.05. The Morgan fingerprint density at radius 2 is 2.27 bits per heavy atom. The molecule has 2 atom stereocenters. The molecule has 2 N–H and O–H groups in total. The maximum absolute atomic E-state index is 10.9. The third kappa shape index (κ3) is 3.80. The average molecular weight is 214 g/mol. The van der Waals surface area contributed by atoms with Gasteiger partial charge in [-0.3, -0.25) is 4.79 Å². The number of rotatable bonds is 5. The van der Waals surface area contributed by atoms with E-state index in [0.717, 1.165) is 19.6 Å². The summed E-state index contributed by atoms with van der Waals surface area (Å²) in [4.78, 5) is 13.2. The normalized spacial score (nSPS) is 24.7. The fourth-order valence-corrected chi connectivity index (χ4v) is 2.09. The number of carbonyl (C=O) groups is 1. The van der Waals surface area contributed by atoms with Gasteiger partial charge in [0, 0.05) is 13.1 Å². The Kier molecular flexibility index (Phi) is 4.54. The Morgan fingerprint density at radius 3 is 2.67 bits per heavy atom. The molecule has 0 saturated carbocycles. The van der Waals surface area contributed by atoms with Gasteiger partial charge in [-0.05, 0) is 31.8 Å². The van der Waals surface area contributed by atoms with Crippen LogP contribution in [0.5, 0.6) is 0 Å². The number of hydrogen-bond donors (Lipinski definition) is 2. The van der Waals surface area contributed by atoms with E-state index in [1.807, 2.05) is 13.8 Å². The van der Waals surface area contributed by atoms with E-state index in [4.69, 9.17) is 5.11 Å². The molecule has 15 heavy (non-hydrogen) atoms. The SMILES string of the molecule is CC(C)C(NCC1CCN(C)C1)C(=O)O. The lowest BCUT2D eigenvalue weighted by molar-refractivity contribution is -0.140. The maximum atomic E-state index is 10.9. The number of carboxylic acids is 1. The molecule has 1 aliphatic rings. The van der Waals surface area contributed by atoms with E-state index >= 15 is 0 Å². The second-order valence-electron chi connectivity index (χ2n) is 4.89. The van der Waals surface area contributed by atoms with Gasteiger partial charge in [-0.15, -0.1) is 0 Å². The summed E-state index contributed by atoms with van der Waals surface area (Å²) in [5.74, 6) is 0.00795. The molecular formula is C11H22N2O2. The van der Waals surface area contributed by atoms with Crippen LogP contribution in [0.15, 0.2) is 0 Å². The van der Waals surface area contributed by atoms with Gasteiger partial charge in [0.05, 0.1) is 0 Å². The minimum absolute atomic E-state index is 0.140. The highest BCUT2D eigenvalue weighted by Gasteiger charge is 2.24. The number of likely N-dealkylation sites (tertiary alicyclic amines) is 1. The molecule has 1 fully saturated rings. The number of nitrogens with one attached hydrogen (secondary N) is 1. The number of nitrogens with zero attached hydrogens (tertiary/aromatic N) is 1. The van der Waals surface area contributed by atoms with Gasteiger partial charge in [0.1, 0.15) is 6.04 Å². The van der Waals surface area contributed by atoms with Crippen molar-refractivity contribution in [3.63, 3.8) is 0 Å². The fraction of sp³-hybridized carbons (Fsp3) is 0.909. The lowest BCUT2D eigenvalue weighted by Crippen LogP contribution is -2.43. The molecule has 0 radical (unpaired) electrons. The van der Waals surface area contributed by atoms with Crippen molar-refractivity contribution >= 4 is 5.97 Å². The molecule has 0 aromatic carbocycles. The second kappa shape index (κ2) is 5.47. The maximum Gasteiger partial charge on any atom is 0.320 e. The van der Waals surface area contributed by atoms with Crippen LogP contribution in [0.1, 0.15) is 20.3 Å². The Morgan fingerprint density at radius 1 is 1.60 bits per heavy atom. The first-order valence-electron chi connectivity index (χ1n) is 5.65. The number of carboxylic acid groups (broad SMARTS) is 1. The monoisotopic (exact) mass is 214 g/mol. The van der Waals surface area contributed by atoms with Gasteiger partial charge < -0.3 is 15.3 Å². The smallest absolute Gasteiger partial charge is 0.320 e. The van der Waals surface area contributed by atoms with Crippen LogP contribution >= 0.6 is 0 Å². The standard InChI is InChI=1S/C11H22N2O2/c1-8(2)10(11(14)15)12-6-9-4-5-13(3)7-9/h8-10,12H,4-7H2,1-3H3,(H,14,15). The molecule has 0 amide bonds. The van der Waals surface area contributed by atoms with Crippen LogP contribution in [0.2, 0.25) is 0 Å². The molecular weight excluding hydrogens is 192 g/mol. The first-order chi connectivity index (χ1) is 7.00. The molecule has 0 aromatic heterocycles. The molecule has 88 valence electrons. The molecule has 0 aromatic rings. The van der Waals surface area contributed by atoms with Gasteiger partial charge in [0.15, 0.2) is 0 Å². The van der Waals surface area contributed by atoms with Crippen molar-refractivity contribution in [2.75, 3.05) is 26.7 Å². The number of hydrogen-bond acceptors (Lipinski definition) is 3. The van der Waals surface area contributed by atoms with E-state index in [1.54, 1.807) is 0 Å². The summed E-state index contributed by atoms with van der Waals surface area (Å²) in [6, 6.07) is -0.407. The lowest BCUT2D eigenvalue weighted by Gasteiger charge is -2.20. The minimum Gasteiger partial charge on any atom is -0.480 e. The quantitative estimate of drug-likeness (QED) is 0.705. The van der Waals surface area contributed by atoms with Crippen LogP contribution in [0.3, 0.4) is 0 Å². The zero-order valence-corrected chi connectivity index (χ0v) is 9.86. The summed E-state index contributed by atoms with van der Waals surface area (Å²) in [7, 11) is 2.11. The van der Waals surface area contributed by atoms with Crippen LogP contribution in [-0.4, -0.2) is 48.7 Å². The van der Waals surface area contributed by atoms with E-state index < -0.39 is 12.0 Å². The predicted molar refractivity (Wildman–Crippen MR) is 59.9 cm³/mol. The van der Waals surface area contributed by atoms with E-state index in [9.17, 15) is 4.79 Å². The van der Waals surface area contributed by atoms with Crippen LogP contribution in [0.25, 0.3) is 0 Å². The molecule has 2 unspecified atom stereocenters. The Hall–Kier alpha value is -0.610. The zero-order chi connectivity index (χ0) is 11.4. The zero-order valence-electron chi connectivity index (χ0n) is 9.86. The summed E-state index contributed by atoms with van der Waals surface area (Å²) in [5, 5.41) is 12.2. The molecule has 1 rings (SSSR count). The van der Waals surface area contributed by atoms with Gasteiger partial charge in [0.25, 0.3) is 0 Å². The summed E-state index contributed by atoms with van der Waals surface area (Å²) in [6.45, 7) is 6.90. The number of aliphatic carboxylic acids is 1. The van der Waals surface area contributed by atoms with Gasteiger partial charge >= 0.3 is 5.97 Å².